The Labute approximate surface area is 115 Å². The Balaban J connectivity index is 3.42. The zero-order chi connectivity index (χ0) is 14.1. The first kappa shape index (κ1) is 14.8. The number of nitrogens with two attached hydrogens (primary N) is 1. The first-order chi connectivity index (χ1) is 8.22. The van der Waals surface area contributed by atoms with E-state index in [1.165, 1.54) is 0 Å². The molecule has 0 bridgehead atoms. The predicted molar refractivity (Wildman–Crippen MR) is 80.2 cm³/mol. The monoisotopic (exact) mass is 266 g/mol. The highest BCUT2D eigenvalue weighted by molar-refractivity contribution is 7.80. The van der Waals surface area contributed by atoms with E-state index in [1.807, 2.05) is 20.9 Å². The van der Waals surface area contributed by atoms with Crippen molar-refractivity contribution in [3.05, 3.63) is 16.8 Å². The van der Waals surface area contributed by atoms with Crippen molar-refractivity contribution in [2.75, 3.05) is 11.9 Å². The molecule has 0 saturated heterocycles. The van der Waals surface area contributed by atoms with E-state index in [9.17, 15) is 0 Å². The highest BCUT2D eigenvalue weighted by Crippen LogP contribution is 2.28. The molecule has 0 aliphatic rings. The summed E-state index contributed by atoms with van der Waals surface area (Å²) >= 11 is 5.16. The van der Waals surface area contributed by atoms with Gasteiger partial charge in [0.05, 0.1) is 11.3 Å². The van der Waals surface area contributed by atoms with Crippen molar-refractivity contribution in [1.29, 1.82) is 0 Å². The van der Waals surface area contributed by atoms with Crippen LogP contribution >= 0.6 is 12.2 Å². The molecule has 0 spiro atoms. The predicted octanol–water partition coefficient (Wildman–Crippen LogP) is 2.35. The zero-order valence-electron chi connectivity index (χ0n) is 12.0. The minimum Gasteiger partial charge on any atom is -0.389 e. The first-order valence-electron chi connectivity index (χ1n) is 6.10. The van der Waals surface area contributed by atoms with E-state index >= 15 is 0 Å². The van der Waals surface area contributed by atoms with Gasteiger partial charge >= 0.3 is 0 Å². The van der Waals surface area contributed by atoms with E-state index < -0.39 is 0 Å². The van der Waals surface area contributed by atoms with E-state index in [0.717, 1.165) is 29.1 Å². The number of thiocarbonyl (C=S) groups is 1. The minimum absolute atomic E-state index is 0.0179. The lowest BCUT2D eigenvalue weighted by molar-refractivity contribution is 0.465. The molecule has 100 valence electrons. The Morgan fingerprint density at radius 1 is 1.33 bits per heavy atom. The van der Waals surface area contributed by atoms with Crippen molar-refractivity contribution in [1.82, 2.24) is 10.2 Å². The second-order valence-corrected chi connectivity index (χ2v) is 5.64. The molecule has 4 nitrogen and oxygen atoms in total. The van der Waals surface area contributed by atoms with Crippen molar-refractivity contribution >= 4 is 23.0 Å². The lowest BCUT2D eigenvalue weighted by Crippen LogP contribution is -2.42. The van der Waals surface area contributed by atoms with Crippen LogP contribution in [0.15, 0.2) is 0 Å². The summed E-state index contributed by atoms with van der Waals surface area (Å²) in [5.41, 5.74) is 8.53. The van der Waals surface area contributed by atoms with Gasteiger partial charge in [-0.15, -0.1) is 5.10 Å². The van der Waals surface area contributed by atoms with Crippen molar-refractivity contribution in [3.63, 3.8) is 0 Å². The number of anilines is 1. The van der Waals surface area contributed by atoms with Gasteiger partial charge in [-0.2, -0.15) is 5.10 Å². The Morgan fingerprint density at radius 2 is 1.89 bits per heavy atom. The van der Waals surface area contributed by atoms with Gasteiger partial charge < -0.3 is 10.6 Å². The topological polar surface area (TPSA) is 55.0 Å². The lowest BCUT2D eigenvalue weighted by atomic mass is 9.98. The maximum absolute atomic E-state index is 5.84. The van der Waals surface area contributed by atoms with E-state index in [2.05, 4.69) is 35.9 Å². The van der Waals surface area contributed by atoms with Crippen LogP contribution in [0, 0.1) is 13.8 Å². The van der Waals surface area contributed by atoms with E-state index in [1.54, 1.807) is 0 Å². The van der Waals surface area contributed by atoms with Crippen LogP contribution in [-0.4, -0.2) is 27.8 Å². The van der Waals surface area contributed by atoms with Crippen LogP contribution in [-0.2, 0) is 0 Å². The number of aryl methyl sites for hydroxylation is 1. The Kier molecular flexibility index (Phi) is 4.27. The maximum atomic E-state index is 5.84. The molecule has 18 heavy (non-hydrogen) atoms. The summed E-state index contributed by atoms with van der Waals surface area (Å²) in [6.45, 7) is 10.4. The van der Waals surface area contributed by atoms with Gasteiger partial charge in [0.25, 0.3) is 0 Å². The molecule has 0 aromatic carbocycles. The lowest BCUT2D eigenvalue weighted by Gasteiger charge is -2.36. The van der Waals surface area contributed by atoms with Crippen molar-refractivity contribution in [2.24, 2.45) is 5.73 Å². The summed E-state index contributed by atoms with van der Waals surface area (Å²) in [6, 6.07) is 0. The highest BCUT2D eigenvalue weighted by Gasteiger charge is 2.26. The summed E-state index contributed by atoms with van der Waals surface area (Å²) in [4.78, 5) is 2.47. The standard InChI is InChI=1S/C13H22N4S/c1-7-13(4,5)17(6)12-10(11(14)18)8(2)9(3)15-16-12/h7H2,1-6H3,(H2,14,18). The van der Waals surface area contributed by atoms with Gasteiger partial charge in [-0.05, 0) is 39.7 Å². The van der Waals surface area contributed by atoms with Crippen LogP contribution in [0.25, 0.3) is 0 Å². The number of nitrogens with zero attached hydrogens (tertiary/aromatic N) is 3. The third-order valence-corrected chi connectivity index (χ3v) is 3.98. The molecule has 1 aromatic rings. The van der Waals surface area contributed by atoms with Crippen LogP contribution in [0.2, 0.25) is 0 Å². The molecule has 0 atom stereocenters. The molecule has 5 heteroatoms. The van der Waals surface area contributed by atoms with Crippen LogP contribution in [0.1, 0.15) is 44.0 Å². The second-order valence-electron chi connectivity index (χ2n) is 5.20. The molecular weight excluding hydrogens is 244 g/mol. The molecule has 0 fully saturated rings. The second kappa shape index (κ2) is 5.18. The largest absolute Gasteiger partial charge is 0.389 e. The number of hydrogen-bond acceptors (Lipinski definition) is 4. The third kappa shape index (κ3) is 2.61. The van der Waals surface area contributed by atoms with Crippen molar-refractivity contribution < 1.29 is 0 Å². The molecule has 0 saturated carbocycles. The van der Waals surface area contributed by atoms with Gasteiger partial charge in [0.1, 0.15) is 4.99 Å². The Morgan fingerprint density at radius 3 is 2.33 bits per heavy atom. The van der Waals surface area contributed by atoms with Gasteiger partial charge in [0.15, 0.2) is 5.82 Å². The van der Waals surface area contributed by atoms with Gasteiger partial charge in [0.2, 0.25) is 0 Å². The molecule has 0 amide bonds. The average molecular weight is 266 g/mol. The molecule has 0 aliphatic heterocycles. The quantitative estimate of drug-likeness (QED) is 0.848. The van der Waals surface area contributed by atoms with E-state index in [-0.39, 0.29) is 5.54 Å². The van der Waals surface area contributed by atoms with E-state index in [4.69, 9.17) is 18.0 Å². The number of rotatable bonds is 4. The van der Waals surface area contributed by atoms with Gasteiger partial charge in [-0.1, -0.05) is 19.1 Å². The van der Waals surface area contributed by atoms with Crippen LogP contribution in [0.3, 0.4) is 0 Å². The maximum Gasteiger partial charge on any atom is 0.162 e. The molecule has 1 aromatic heterocycles. The normalized spacial score (nSPS) is 11.4. The molecule has 0 unspecified atom stereocenters. The fraction of sp³-hybridized carbons (Fsp3) is 0.615. The zero-order valence-corrected chi connectivity index (χ0v) is 12.9. The molecule has 0 aliphatic carbocycles. The van der Waals surface area contributed by atoms with Gasteiger partial charge in [-0.3, -0.25) is 0 Å². The van der Waals surface area contributed by atoms with Gasteiger partial charge in [-0.25, -0.2) is 0 Å². The summed E-state index contributed by atoms with van der Waals surface area (Å²) in [5, 5.41) is 8.47. The van der Waals surface area contributed by atoms with Crippen molar-refractivity contribution in [2.45, 2.75) is 46.6 Å². The summed E-state index contributed by atoms with van der Waals surface area (Å²) in [5.74, 6) is 0.762. The first-order valence-corrected chi connectivity index (χ1v) is 6.50. The Hall–Kier alpha value is -1.23. The van der Waals surface area contributed by atoms with Crippen LogP contribution in [0.4, 0.5) is 5.82 Å². The third-order valence-electron chi connectivity index (χ3n) is 3.77. The molecule has 1 rings (SSSR count). The average Bonchev–Trinajstić information content (AvgIpc) is 2.30. The highest BCUT2D eigenvalue weighted by atomic mass is 32.1. The number of hydrogen-bond donors (Lipinski definition) is 1. The van der Waals surface area contributed by atoms with E-state index in [0.29, 0.717) is 4.99 Å². The Bertz CT molecular complexity index is 468. The fourth-order valence-electron chi connectivity index (χ4n) is 1.65. The molecule has 2 N–H and O–H groups in total. The smallest absolute Gasteiger partial charge is 0.162 e. The van der Waals surface area contributed by atoms with Crippen molar-refractivity contribution in [3.8, 4) is 0 Å². The molecular formula is C13H22N4S. The number of aromatic nitrogens is 2. The molecule has 0 radical (unpaired) electrons. The van der Waals surface area contributed by atoms with Crippen LogP contribution in [0.5, 0.6) is 0 Å². The van der Waals surface area contributed by atoms with Gasteiger partial charge in [0, 0.05) is 12.6 Å². The fourth-order valence-corrected chi connectivity index (χ4v) is 1.89. The SMILES string of the molecule is CCC(C)(C)N(C)c1nnc(C)c(C)c1C(N)=S. The summed E-state index contributed by atoms with van der Waals surface area (Å²) < 4.78 is 0. The minimum atomic E-state index is -0.0179. The summed E-state index contributed by atoms with van der Waals surface area (Å²) in [7, 11) is 2.00. The molecule has 1 heterocycles. The van der Waals surface area contributed by atoms with Crippen LogP contribution < -0.4 is 10.6 Å². The summed E-state index contributed by atoms with van der Waals surface area (Å²) in [6.07, 6.45) is 0.995.